The molecule has 0 spiro atoms. The predicted octanol–water partition coefficient (Wildman–Crippen LogP) is 1.99. The van der Waals surface area contributed by atoms with Crippen LogP contribution in [-0.4, -0.2) is 18.6 Å². The lowest BCUT2D eigenvalue weighted by Gasteiger charge is -2.14. The van der Waals surface area contributed by atoms with Gasteiger partial charge in [0.2, 0.25) is 0 Å². The highest BCUT2D eigenvalue weighted by Crippen LogP contribution is 2.31. The first-order valence-corrected chi connectivity index (χ1v) is 4.85. The minimum Gasteiger partial charge on any atom is -0.351 e. The summed E-state index contributed by atoms with van der Waals surface area (Å²) in [5.41, 5.74) is 0. The number of nitrogens with zero attached hydrogens (tertiary/aromatic N) is 2. The average Bonchev–Trinajstić information content (AvgIpc) is 2.67. The van der Waals surface area contributed by atoms with Crippen LogP contribution in [0, 0.1) is 5.92 Å². The number of aromatic nitrogens is 1. The van der Waals surface area contributed by atoms with E-state index in [1.807, 2.05) is 11.6 Å². The van der Waals surface area contributed by atoms with Gasteiger partial charge >= 0.3 is 0 Å². The van der Waals surface area contributed by atoms with Crippen molar-refractivity contribution < 1.29 is 0 Å². The van der Waals surface area contributed by atoms with Crippen molar-refractivity contribution in [3.8, 4) is 0 Å². The van der Waals surface area contributed by atoms with Crippen LogP contribution < -0.4 is 4.90 Å². The van der Waals surface area contributed by atoms with Gasteiger partial charge in [-0.3, -0.25) is 0 Å². The molecular formula is C8H12N2S. The van der Waals surface area contributed by atoms with Crippen LogP contribution in [0.3, 0.4) is 0 Å². The van der Waals surface area contributed by atoms with Gasteiger partial charge < -0.3 is 4.90 Å². The van der Waals surface area contributed by atoms with E-state index in [0.717, 1.165) is 11.0 Å². The summed E-state index contributed by atoms with van der Waals surface area (Å²) in [5, 5.41) is 3.18. The van der Waals surface area contributed by atoms with E-state index >= 15 is 0 Å². The van der Waals surface area contributed by atoms with Crippen molar-refractivity contribution in [3.05, 3.63) is 11.6 Å². The number of rotatable bonds is 3. The molecule has 1 fully saturated rings. The second-order valence-electron chi connectivity index (χ2n) is 3.14. The molecule has 0 radical (unpaired) electrons. The standard InChI is InChI=1S/C8H12N2S/c1-10(6-7-2-3-7)8-9-4-5-11-8/h4-5,7H,2-3,6H2,1H3. The maximum atomic E-state index is 4.24. The molecule has 0 saturated heterocycles. The smallest absolute Gasteiger partial charge is 0.184 e. The first-order chi connectivity index (χ1) is 5.36. The van der Waals surface area contributed by atoms with E-state index in [0.29, 0.717) is 0 Å². The molecule has 1 aliphatic carbocycles. The zero-order chi connectivity index (χ0) is 7.68. The van der Waals surface area contributed by atoms with Crippen molar-refractivity contribution in [3.63, 3.8) is 0 Å². The van der Waals surface area contributed by atoms with E-state index in [1.165, 1.54) is 19.4 Å². The predicted molar refractivity (Wildman–Crippen MR) is 48.1 cm³/mol. The Balaban J connectivity index is 1.93. The quantitative estimate of drug-likeness (QED) is 0.686. The van der Waals surface area contributed by atoms with Gasteiger partial charge in [-0.25, -0.2) is 4.98 Å². The summed E-state index contributed by atoms with van der Waals surface area (Å²) in [7, 11) is 2.12. The molecule has 2 nitrogen and oxygen atoms in total. The molecule has 1 aliphatic rings. The Morgan fingerprint density at radius 3 is 3.09 bits per heavy atom. The number of hydrogen-bond acceptors (Lipinski definition) is 3. The summed E-state index contributed by atoms with van der Waals surface area (Å²) in [6.07, 6.45) is 4.69. The van der Waals surface area contributed by atoms with Crippen LogP contribution in [0.15, 0.2) is 11.6 Å². The third-order valence-electron chi connectivity index (χ3n) is 1.97. The summed E-state index contributed by atoms with van der Waals surface area (Å²) in [6, 6.07) is 0. The molecule has 0 N–H and O–H groups in total. The third-order valence-corrected chi connectivity index (χ3v) is 2.86. The fourth-order valence-corrected chi connectivity index (χ4v) is 1.79. The van der Waals surface area contributed by atoms with Crippen LogP contribution in [0.25, 0.3) is 0 Å². The third kappa shape index (κ3) is 1.71. The van der Waals surface area contributed by atoms with Crippen molar-refractivity contribution in [1.29, 1.82) is 0 Å². The van der Waals surface area contributed by atoms with Gasteiger partial charge in [-0.1, -0.05) is 0 Å². The highest BCUT2D eigenvalue weighted by atomic mass is 32.1. The first-order valence-electron chi connectivity index (χ1n) is 3.97. The molecule has 0 aromatic carbocycles. The number of anilines is 1. The number of thiazole rings is 1. The molecule has 1 aromatic heterocycles. The zero-order valence-electron chi connectivity index (χ0n) is 6.66. The van der Waals surface area contributed by atoms with E-state index in [2.05, 4.69) is 16.9 Å². The fourth-order valence-electron chi connectivity index (χ4n) is 1.17. The van der Waals surface area contributed by atoms with Crippen molar-refractivity contribution in [2.45, 2.75) is 12.8 Å². The van der Waals surface area contributed by atoms with E-state index in [4.69, 9.17) is 0 Å². The van der Waals surface area contributed by atoms with Gasteiger partial charge in [-0.05, 0) is 18.8 Å². The Morgan fingerprint density at radius 1 is 1.73 bits per heavy atom. The van der Waals surface area contributed by atoms with E-state index in [9.17, 15) is 0 Å². The molecule has 1 saturated carbocycles. The van der Waals surface area contributed by atoms with Crippen molar-refractivity contribution in [2.75, 3.05) is 18.5 Å². The molecule has 11 heavy (non-hydrogen) atoms. The monoisotopic (exact) mass is 168 g/mol. The minimum atomic E-state index is 0.948. The maximum absolute atomic E-state index is 4.24. The van der Waals surface area contributed by atoms with Gasteiger partial charge in [0.25, 0.3) is 0 Å². The van der Waals surface area contributed by atoms with Crippen molar-refractivity contribution >= 4 is 16.5 Å². The largest absolute Gasteiger partial charge is 0.351 e. The molecule has 0 unspecified atom stereocenters. The lowest BCUT2D eigenvalue weighted by Crippen LogP contribution is -2.19. The highest BCUT2D eigenvalue weighted by molar-refractivity contribution is 7.13. The Bertz CT molecular complexity index is 216. The van der Waals surface area contributed by atoms with Crippen LogP contribution in [-0.2, 0) is 0 Å². The van der Waals surface area contributed by atoms with E-state index < -0.39 is 0 Å². The summed E-state index contributed by atoms with van der Waals surface area (Å²) in [6.45, 7) is 1.19. The number of hydrogen-bond donors (Lipinski definition) is 0. The Labute approximate surface area is 70.9 Å². The summed E-state index contributed by atoms with van der Waals surface area (Å²) < 4.78 is 0. The molecule has 0 bridgehead atoms. The first kappa shape index (κ1) is 7.10. The topological polar surface area (TPSA) is 16.1 Å². The van der Waals surface area contributed by atoms with Crippen LogP contribution in [0.2, 0.25) is 0 Å². The van der Waals surface area contributed by atoms with Crippen LogP contribution >= 0.6 is 11.3 Å². The lowest BCUT2D eigenvalue weighted by atomic mass is 10.4. The molecule has 1 aromatic rings. The summed E-state index contributed by atoms with van der Waals surface area (Å²) in [5.74, 6) is 0.948. The lowest BCUT2D eigenvalue weighted by molar-refractivity contribution is 0.784. The van der Waals surface area contributed by atoms with Gasteiger partial charge in [0.05, 0.1) is 0 Å². The van der Waals surface area contributed by atoms with Crippen LogP contribution in [0.4, 0.5) is 5.13 Å². The Morgan fingerprint density at radius 2 is 2.55 bits per heavy atom. The van der Waals surface area contributed by atoms with E-state index in [-0.39, 0.29) is 0 Å². The second kappa shape index (κ2) is 2.81. The van der Waals surface area contributed by atoms with Crippen LogP contribution in [0.1, 0.15) is 12.8 Å². The second-order valence-corrected chi connectivity index (χ2v) is 4.01. The Hall–Kier alpha value is -0.570. The molecule has 1 heterocycles. The molecule has 0 amide bonds. The fraction of sp³-hybridized carbons (Fsp3) is 0.625. The molecule has 3 heteroatoms. The zero-order valence-corrected chi connectivity index (χ0v) is 7.47. The van der Waals surface area contributed by atoms with Crippen molar-refractivity contribution in [2.24, 2.45) is 5.92 Å². The highest BCUT2D eigenvalue weighted by Gasteiger charge is 2.23. The molecule has 0 atom stereocenters. The summed E-state index contributed by atoms with van der Waals surface area (Å²) in [4.78, 5) is 6.49. The molecular weight excluding hydrogens is 156 g/mol. The van der Waals surface area contributed by atoms with Gasteiger partial charge in [-0.2, -0.15) is 0 Å². The van der Waals surface area contributed by atoms with E-state index in [1.54, 1.807) is 11.3 Å². The maximum Gasteiger partial charge on any atom is 0.184 e. The average molecular weight is 168 g/mol. The van der Waals surface area contributed by atoms with Gasteiger partial charge in [0.1, 0.15) is 0 Å². The van der Waals surface area contributed by atoms with Gasteiger partial charge in [-0.15, -0.1) is 11.3 Å². The van der Waals surface area contributed by atoms with Gasteiger partial charge in [0.15, 0.2) is 5.13 Å². The molecule has 0 aliphatic heterocycles. The Kier molecular flexibility index (Phi) is 1.82. The molecule has 2 rings (SSSR count). The molecule has 60 valence electrons. The van der Waals surface area contributed by atoms with Gasteiger partial charge in [0, 0.05) is 25.2 Å². The van der Waals surface area contributed by atoms with Crippen LogP contribution in [0.5, 0.6) is 0 Å². The normalized spacial score (nSPS) is 16.8. The summed E-state index contributed by atoms with van der Waals surface area (Å²) >= 11 is 1.72. The minimum absolute atomic E-state index is 0.948. The SMILES string of the molecule is CN(CC1CC1)c1nccs1. The van der Waals surface area contributed by atoms with Crippen molar-refractivity contribution in [1.82, 2.24) is 4.98 Å².